The highest BCUT2D eigenvalue weighted by atomic mass is 19.1. The molecule has 8 nitrogen and oxygen atoms in total. The standard InChI is InChI=1S/C26H25F2N7O/c27-18-3-1-16(2-4-18)23(26(36)33-20-7-5-19(28)6-8-20)24-25(29)31-14-22(34-24)17-13-32-35(15-17)21-9-11-30-12-10-21/h1-8,13-15,21,23,30H,9-12H2,(H2,29,31)(H,33,36). The highest BCUT2D eigenvalue weighted by Crippen LogP contribution is 2.31. The van der Waals surface area contributed by atoms with Crippen LogP contribution in [0, 0.1) is 11.6 Å². The summed E-state index contributed by atoms with van der Waals surface area (Å²) in [5, 5.41) is 10.6. The fourth-order valence-electron chi connectivity index (χ4n) is 4.34. The molecule has 2 aromatic carbocycles. The summed E-state index contributed by atoms with van der Waals surface area (Å²) in [6.07, 6.45) is 7.15. The van der Waals surface area contributed by atoms with E-state index in [9.17, 15) is 13.6 Å². The average Bonchev–Trinajstić information content (AvgIpc) is 3.39. The molecule has 1 unspecified atom stereocenters. The highest BCUT2D eigenvalue weighted by molar-refractivity contribution is 5.98. The summed E-state index contributed by atoms with van der Waals surface area (Å²) in [6, 6.07) is 11.3. The van der Waals surface area contributed by atoms with Crippen molar-refractivity contribution in [2.24, 2.45) is 0 Å². The number of hydrogen-bond donors (Lipinski definition) is 3. The summed E-state index contributed by atoms with van der Waals surface area (Å²) in [6.45, 7) is 1.88. The van der Waals surface area contributed by atoms with E-state index in [1.54, 1.807) is 12.4 Å². The van der Waals surface area contributed by atoms with E-state index in [1.165, 1.54) is 48.5 Å². The van der Waals surface area contributed by atoms with Crippen LogP contribution in [0.25, 0.3) is 11.3 Å². The number of amides is 1. The van der Waals surface area contributed by atoms with Gasteiger partial charge in [0.2, 0.25) is 5.91 Å². The van der Waals surface area contributed by atoms with E-state index >= 15 is 0 Å². The van der Waals surface area contributed by atoms with Gasteiger partial charge in [-0.05, 0) is 67.9 Å². The lowest BCUT2D eigenvalue weighted by atomic mass is 9.93. The van der Waals surface area contributed by atoms with Crippen LogP contribution in [-0.2, 0) is 4.79 Å². The number of nitrogens with two attached hydrogens (primary N) is 1. The SMILES string of the molecule is Nc1ncc(-c2cnn(C3CCNCC3)c2)nc1C(C(=O)Nc1ccc(F)cc1)c1ccc(F)cc1. The Hall–Kier alpha value is -4.18. The molecule has 0 spiro atoms. The number of nitrogens with one attached hydrogen (secondary N) is 2. The van der Waals surface area contributed by atoms with Crippen LogP contribution < -0.4 is 16.4 Å². The van der Waals surface area contributed by atoms with Gasteiger partial charge in [-0.2, -0.15) is 5.10 Å². The smallest absolute Gasteiger partial charge is 0.238 e. The quantitative estimate of drug-likeness (QED) is 0.379. The van der Waals surface area contributed by atoms with Crippen molar-refractivity contribution < 1.29 is 13.6 Å². The molecule has 1 fully saturated rings. The van der Waals surface area contributed by atoms with Gasteiger partial charge in [0.15, 0.2) is 0 Å². The maximum atomic E-state index is 13.7. The van der Waals surface area contributed by atoms with E-state index in [4.69, 9.17) is 10.7 Å². The molecule has 4 N–H and O–H groups in total. The third kappa shape index (κ3) is 5.08. The molecule has 1 aliphatic heterocycles. The van der Waals surface area contributed by atoms with Crippen molar-refractivity contribution in [2.45, 2.75) is 24.8 Å². The Morgan fingerprint density at radius 3 is 2.39 bits per heavy atom. The van der Waals surface area contributed by atoms with Crippen LogP contribution in [0.15, 0.2) is 67.1 Å². The van der Waals surface area contributed by atoms with Gasteiger partial charge in [0.25, 0.3) is 0 Å². The Morgan fingerprint density at radius 2 is 1.69 bits per heavy atom. The molecule has 4 aromatic rings. The molecule has 2 aromatic heterocycles. The number of benzene rings is 2. The van der Waals surface area contributed by atoms with Crippen molar-refractivity contribution in [1.82, 2.24) is 25.1 Å². The third-order valence-electron chi connectivity index (χ3n) is 6.26. The number of halogens is 2. The lowest BCUT2D eigenvalue weighted by Gasteiger charge is -2.22. The van der Waals surface area contributed by atoms with Crippen molar-refractivity contribution in [1.29, 1.82) is 0 Å². The first-order chi connectivity index (χ1) is 17.5. The minimum atomic E-state index is -0.984. The van der Waals surface area contributed by atoms with Crippen LogP contribution >= 0.6 is 0 Å². The Bertz CT molecular complexity index is 1350. The maximum Gasteiger partial charge on any atom is 0.238 e. The first-order valence-electron chi connectivity index (χ1n) is 11.7. The van der Waals surface area contributed by atoms with Gasteiger partial charge >= 0.3 is 0 Å². The minimum absolute atomic E-state index is 0.0769. The predicted octanol–water partition coefficient (Wildman–Crippen LogP) is 3.90. The molecular weight excluding hydrogens is 464 g/mol. The fraction of sp³-hybridized carbons (Fsp3) is 0.231. The van der Waals surface area contributed by atoms with Gasteiger partial charge in [0.05, 0.1) is 24.1 Å². The maximum absolute atomic E-state index is 13.7. The van der Waals surface area contributed by atoms with Crippen molar-refractivity contribution in [3.8, 4) is 11.3 Å². The molecule has 5 rings (SSSR count). The Labute approximate surface area is 206 Å². The fourth-order valence-corrected chi connectivity index (χ4v) is 4.34. The average molecular weight is 490 g/mol. The number of carbonyl (C=O) groups is 1. The summed E-state index contributed by atoms with van der Waals surface area (Å²) in [4.78, 5) is 22.5. The third-order valence-corrected chi connectivity index (χ3v) is 6.26. The van der Waals surface area contributed by atoms with Crippen molar-refractivity contribution in [3.05, 3.63) is 90.0 Å². The van der Waals surface area contributed by atoms with Gasteiger partial charge in [0.1, 0.15) is 29.1 Å². The van der Waals surface area contributed by atoms with Crippen LogP contribution in [0.3, 0.4) is 0 Å². The summed E-state index contributed by atoms with van der Waals surface area (Å²) in [5.74, 6) is -2.22. The van der Waals surface area contributed by atoms with E-state index in [1.807, 2.05) is 10.9 Å². The van der Waals surface area contributed by atoms with Crippen molar-refractivity contribution in [3.63, 3.8) is 0 Å². The van der Waals surface area contributed by atoms with E-state index in [0.717, 1.165) is 31.5 Å². The zero-order valence-electron chi connectivity index (χ0n) is 19.4. The molecule has 10 heteroatoms. The first-order valence-corrected chi connectivity index (χ1v) is 11.7. The molecule has 1 saturated heterocycles. The van der Waals surface area contributed by atoms with Gasteiger partial charge in [0, 0.05) is 17.4 Å². The molecule has 3 heterocycles. The number of nitrogen functional groups attached to an aromatic ring is 1. The Kier molecular flexibility index (Phi) is 6.68. The van der Waals surface area contributed by atoms with Crippen molar-refractivity contribution >= 4 is 17.4 Å². The monoisotopic (exact) mass is 489 g/mol. The summed E-state index contributed by atoms with van der Waals surface area (Å²) in [5.41, 5.74) is 8.59. The number of aromatic nitrogens is 4. The first kappa shape index (κ1) is 23.6. The predicted molar refractivity (Wildman–Crippen MR) is 132 cm³/mol. The normalized spacial score (nSPS) is 14.9. The van der Waals surface area contributed by atoms with E-state index in [-0.39, 0.29) is 11.5 Å². The van der Waals surface area contributed by atoms with Gasteiger partial charge < -0.3 is 16.4 Å². The summed E-state index contributed by atoms with van der Waals surface area (Å²) < 4.78 is 28.9. The van der Waals surface area contributed by atoms with Crippen molar-refractivity contribution in [2.75, 3.05) is 24.1 Å². The molecule has 0 saturated carbocycles. The Morgan fingerprint density at radius 1 is 1.03 bits per heavy atom. The summed E-state index contributed by atoms with van der Waals surface area (Å²) in [7, 11) is 0. The van der Waals surface area contributed by atoms with Gasteiger partial charge in [-0.25, -0.2) is 18.7 Å². The number of nitrogens with zero attached hydrogens (tertiary/aromatic N) is 4. The van der Waals surface area contributed by atoms with Gasteiger partial charge in [-0.3, -0.25) is 9.48 Å². The zero-order chi connectivity index (χ0) is 25.1. The number of hydrogen-bond acceptors (Lipinski definition) is 6. The molecule has 1 amide bonds. The number of carbonyl (C=O) groups excluding carboxylic acids is 1. The topological polar surface area (TPSA) is 111 Å². The van der Waals surface area contributed by atoms with Gasteiger partial charge in [-0.15, -0.1) is 0 Å². The lowest BCUT2D eigenvalue weighted by Crippen LogP contribution is -2.29. The Balaban J connectivity index is 1.50. The zero-order valence-corrected chi connectivity index (χ0v) is 19.4. The number of anilines is 2. The molecule has 184 valence electrons. The molecule has 0 bridgehead atoms. The molecule has 1 atom stereocenters. The van der Waals surface area contributed by atoms with Crippen LogP contribution in [0.1, 0.15) is 36.1 Å². The van der Waals surface area contributed by atoms with Crippen LogP contribution in [0.4, 0.5) is 20.3 Å². The van der Waals surface area contributed by atoms with E-state index in [2.05, 4.69) is 20.7 Å². The summed E-state index contributed by atoms with van der Waals surface area (Å²) >= 11 is 0. The molecule has 0 aliphatic carbocycles. The highest BCUT2D eigenvalue weighted by Gasteiger charge is 2.28. The second-order valence-electron chi connectivity index (χ2n) is 8.70. The van der Waals surface area contributed by atoms with E-state index < -0.39 is 23.5 Å². The second-order valence-corrected chi connectivity index (χ2v) is 8.70. The minimum Gasteiger partial charge on any atom is -0.382 e. The molecule has 0 radical (unpaired) electrons. The molecular formula is C26H25F2N7O. The molecule has 36 heavy (non-hydrogen) atoms. The second kappa shape index (κ2) is 10.2. The van der Waals surface area contributed by atoms with E-state index in [0.29, 0.717) is 23.0 Å². The van der Waals surface area contributed by atoms with Crippen LogP contribution in [0.5, 0.6) is 0 Å². The van der Waals surface area contributed by atoms with Crippen LogP contribution in [-0.4, -0.2) is 38.7 Å². The molecule has 1 aliphatic rings. The number of rotatable bonds is 6. The largest absolute Gasteiger partial charge is 0.382 e. The van der Waals surface area contributed by atoms with Gasteiger partial charge in [-0.1, -0.05) is 12.1 Å². The van der Waals surface area contributed by atoms with Crippen LogP contribution in [0.2, 0.25) is 0 Å². The lowest BCUT2D eigenvalue weighted by molar-refractivity contribution is -0.116. The number of piperidine rings is 1.